The average Bonchev–Trinajstić information content (AvgIpc) is 3.13. The highest BCUT2D eigenvalue weighted by Crippen LogP contribution is 2.34. The molecule has 0 radical (unpaired) electrons. The van der Waals surface area contributed by atoms with Crippen molar-refractivity contribution in [1.29, 1.82) is 0 Å². The molecule has 1 aromatic rings. The summed E-state index contributed by atoms with van der Waals surface area (Å²) in [5, 5.41) is 6.95. The third kappa shape index (κ3) is 4.81. The molecule has 1 unspecified atom stereocenters. The molecule has 1 saturated heterocycles. The first-order chi connectivity index (χ1) is 9.81. The lowest BCUT2D eigenvalue weighted by Crippen LogP contribution is -2.37. The lowest BCUT2D eigenvalue weighted by Gasteiger charge is -2.12. The van der Waals surface area contributed by atoms with Gasteiger partial charge in [-0.15, -0.1) is 35.9 Å². The number of nitrogens with one attached hydrogen (secondary N) is 2. The molecule has 1 saturated carbocycles. The van der Waals surface area contributed by atoms with Gasteiger partial charge >= 0.3 is 0 Å². The second kappa shape index (κ2) is 8.32. The van der Waals surface area contributed by atoms with E-state index in [4.69, 9.17) is 0 Å². The van der Waals surface area contributed by atoms with Crippen molar-refractivity contribution in [3.8, 4) is 0 Å². The van der Waals surface area contributed by atoms with Crippen molar-refractivity contribution in [1.82, 2.24) is 5.32 Å². The Labute approximate surface area is 140 Å². The van der Waals surface area contributed by atoms with Crippen LogP contribution in [0.5, 0.6) is 0 Å². The molecule has 6 heteroatoms. The first-order valence-electron chi connectivity index (χ1n) is 7.20. The molecule has 1 heterocycles. The molecule has 1 atom stereocenters. The van der Waals surface area contributed by atoms with Gasteiger partial charge in [0.25, 0.3) is 0 Å². The number of anilines is 1. The van der Waals surface area contributed by atoms with Crippen LogP contribution >= 0.6 is 35.9 Å². The molecule has 1 aliphatic carbocycles. The summed E-state index contributed by atoms with van der Waals surface area (Å²) in [5.74, 6) is 1.81. The second-order valence-corrected chi connectivity index (χ2v) is 7.71. The van der Waals surface area contributed by atoms with E-state index in [1.165, 1.54) is 30.6 Å². The van der Waals surface area contributed by atoms with Gasteiger partial charge in [-0.1, -0.05) is 12.8 Å². The van der Waals surface area contributed by atoms with Crippen molar-refractivity contribution < 1.29 is 4.79 Å². The van der Waals surface area contributed by atoms with Crippen molar-refractivity contribution in [2.75, 3.05) is 16.9 Å². The lowest BCUT2D eigenvalue weighted by molar-refractivity contribution is -0.117. The molecular formula is C15H21ClN2OS2. The third-order valence-corrected chi connectivity index (χ3v) is 6.05. The number of hydrogen-bond donors (Lipinski definition) is 2. The van der Waals surface area contributed by atoms with Crippen LogP contribution in [0.1, 0.15) is 25.7 Å². The van der Waals surface area contributed by atoms with Crippen LogP contribution in [0, 0.1) is 0 Å². The summed E-state index contributed by atoms with van der Waals surface area (Å²) in [7, 11) is 0. The van der Waals surface area contributed by atoms with E-state index < -0.39 is 0 Å². The van der Waals surface area contributed by atoms with Gasteiger partial charge in [0.1, 0.15) is 0 Å². The third-order valence-electron chi connectivity index (χ3n) is 3.76. The number of rotatable bonds is 4. The summed E-state index contributed by atoms with van der Waals surface area (Å²) in [4.78, 5) is 13.3. The highest BCUT2D eigenvalue weighted by atomic mass is 35.5. The maximum Gasteiger partial charge on any atom is 0.242 e. The molecule has 3 rings (SSSR count). The highest BCUT2D eigenvalue weighted by molar-refractivity contribution is 8.00. The molecule has 1 amide bonds. The molecule has 2 aliphatic rings. The van der Waals surface area contributed by atoms with Gasteiger partial charge in [0.15, 0.2) is 0 Å². The van der Waals surface area contributed by atoms with Crippen molar-refractivity contribution in [2.24, 2.45) is 0 Å². The van der Waals surface area contributed by atoms with E-state index in [9.17, 15) is 4.79 Å². The van der Waals surface area contributed by atoms with Crippen LogP contribution < -0.4 is 10.6 Å². The van der Waals surface area contributed by atoms with Crippen molar-refractivity contribution in [3.05, 3.63) is 24.3 Å². The fraction of sp³-hybridized carbons (Fsp3) is 0.533. The van der Waals surface area contributed by atoms with E-state index in [1.807, 2.05) is 23.9 Å². The van der Waals surface area contributed by atoms with Crippen molar-refractivity contribution >= 4 is 47.5 Å². The summed E-state index contributed by atoms with van der Waals surface area (Å²) in [6.45, 7) is 0. The van der Waals surface area contributed by atoms with Gasteiger partial charge in [-0.3, -0.25) is 10.1 Å². The fourth-order valence-electron chi connectivity index (χ4n) is 2.61. The van der Waals surface area contributed by atoms with Crippen LogP contribution in [-0.4, -0.2) is 28.8 Å². The predicted molar refractivity (Wildman–Crippen MR) is 94.7 cm³/mol. The standard InChI is InChI=1S/C15H20N2OS2.ClH/c18-15(14-9-19-10-16-14)17-11-5-7-13(8-6-11)20-12-3-1-2-4-12;/h5-8,12,14,16H,1-4,9-10H2,(H,17,18);1H. The summed E-state index contributed by atoms with van der Waals surface area (Å²) in [6, 6.07) is 8.21. The zero-order valence-corrected chi connectivity index (χ0v) is 14.3. The summed E-state index contributed by atoms with van der Waals surface area (Å²) >= 11 is 3.74. The lowest BCUT2D eigenvalue weighted by atomic mass is 10.2. The zero-order chi connectivity index (χ0) is 13.8. The molecule has 0 aromatic heterocycles. The zero-order valence-electron chi connectivity index (χ0n) is 11.8. The Hall–Kier alpha value is -0.360. The fourth-order valence-corrected chi connectivity index (χ4v) is 4.80. The number of hydrogen-bond acceptors (Lipinski definition) is 4. The Morgan fingerprint density at radius 2 is 1.95 bits per heavy atom. The van der Waals surface area contributed by atoms with Gasteiger partial charge in [0.05, 0.1) is 6.04 Å². The van der Waals surface area contributed by atoms with E-state index >= 15 is 0 Å². The SMILES string of the molecule is Cl.O=C(Nc1ccc(SC2CCCC2)cc1)C1CSCN1. The second-order valence-electron chi connectivity index (χ2n) is 5.31. The number of carbonyl (C=O) groups is 1. The summed E-state index contributed by atoms with van der Waals surface area (Å²) < 4.78 is 0. The molecular weight excluding hydrogens is 324 g/mol. The minimum atomic E-state index is -0.0486. The van der Waals surface area contributed by atoms with Gasteiger partial charge in [-0.25, -0.2) is 0 Å². The Morgan fingerprint density at radius 3 is 2.57 bits per heavy atom. The average molecular weight is 345 g/mol. The van der Waals surface area contributed by atoms with Gasteiger partial charge < -0.3 is 5.32 Å². The van der Waals surface area contributed by atoms with Gasteiger partial charge in [0, 0.05) is 27.5 Å². The Bertz CT molecular complexity index is 457. The van der Waals surface area contributed by atoms with E-state index in [-0.39, 0.29) is 24.4 Å². The summed E-state index contributed by atoms with van der Waals surface area (Å²) in [6.07, 6.45) is 5.43. The van der Waals surface area contributed by atoms with Crippen LogP contribution in [0.3, 0.4) is 0 Å². The molecule has 1 aromatic carbocycles. The topological polar surface area (TPSA) is 41.1 Å². The van der Waals surface area contributed by atoms with Gasteiger partial charge in [0.2, 0.25) is 5.91 Å². The Kier molecular flexibility index (Phi) is 6.74. The van der Waals surface area contributed by atoms with E-state index in [2.05, 4.69) is 22.8 Å². The van der Waals surface area contributed by atoms with Crippen LogP contribution in [-0.2, 0) is 4.79 Å². The van der Waals surface area contributed by atoms with Crippen molar-refractivity contribution in [2.45, 2.75) is 41.9 Å². The van der Waals surface area contributed by atoms with E-state index in [0.29, 0.717) is 0 Å². The van der Waals surface area contributed by atoms with Crippen LogP contribution in [0.25, 0.3) is 0 Å². The Morgan fingerprint density at radius 1 is 1.24 bits per heavy atom. The molecule has 3 nitrogen and oxygen atoms in total. The highest BCUT2D eigenvalue weighted by Gasteiger charge is 2.22. The minimum absolute atomic E-state index is 0. The quantitative estimate of drug-likeness (QED) is 0.873. The first kappa shape index (κ1) is 17.0. The molecule has 116 valence electrons. The normalized spacial score (nSPS) is 22.0. The molecule has 2 N–H and O–H groups in total. The monoisotopic (exact) mass is 344 g/mol. The number of thioether (sulfide) groups is 2. The molecule has 0 spiro atoms. The number of amides is 1. The van der Waals surface area contributed by atoms with E-state index in [0.717, 1.165) is 22.6 Å². The molecule has 2 fully saturated rings. The smallest absolute Gasteiger partial charge is 0.242 e. The first-order valence-corrected chi connectivity index (χ1v) is 9.23. The van der Waals surface area contributed by atoms with Crippen molar-refractivity contribution in [3.63, 3.8) is 0 Å². The predicted octanol–water partition coefficient (Wildman–Crippen LogP) is 3.74. The number of halogens is 1. The van der Waals surface area contributed by atoms with Crippen LogP contribution in [0.2, 0.25) is 0 Å². The molecule has 0 bridgehead atoms. The van der Waals surface area contributed by atoms with Crippen LogP contribution in [0.4, 0.5) is 5.69 Å². The molecule has 1 aliphatic heterocycles. The van der Waals surface area contributed by atoms with Crippen LogP contribution in [0.15, 0.2) is 29.2 Å². The Balaban J connectivity index is 0.00000161. The maximum absolute atomic E-state index is 12.0. The largest absolute Gasteiger partial charge is 0.325 e. The molecule has 21 heavy (non-hydrogen) atoms. The van der Waals surface area contributed by atoms with Gasteiger partial charge in [-0.2, -0.15) is 0 Å². The summed E-state index contributed by atoms with van der Waals surface area (Å²) in [5.41, 5.74) is 0.893. The van der Waals surface area contributed by atoms with E-state index in [1.54, 1.807) is 11.8 Å². The number of carbonyl (C=O) groups excluding carboxylic acids is 1. The van der Waals surface area contributed by atoms with Gasteiger partial charge in [-0.05, 0) is 37.1 Å². The minimum Gasteiger partial charge on any atom is -0.325 e. The maximum atomic E-state index is 12.0. The number of benzene rings is 1.